The van der Waals surface area contributed by atoms with Gasteiger partial charge in [-0.25, -0.2) is 0 Å². The van der Waals surface area contributed by atoms with Gasteiger partial charge in [0, 0.05) is 37.3 Å². The van der Waals surface area contributed by atoms with Crippen LogP contribution in [-0.4, -0.2) is 25.5 Å². The Labute approximate surface area is 159 Å². The van der Waals surface area contributed by atoms with Crippen LogP contribution >= 0.6 is 11.6 Å². The molecule has 3 N–H and O–H groups in total. The Morgan fingerprint density at radius 3 is 2.58 bits per heavy atom. The van der Waals surface area contributed by atoms with Crippen LogP contribution in [0.5, 0.6) is 0 Å². The minimum Gasteiger partial charge on any atom is -0.356 e. The van der Waals surface area contributed by atoms with Crippen molar-refractivity contribution in [1.82, 2.24) is 10.6 Å². The van der Waals surface area contributed by atoms with E-state index in [1.54, 1.807) is 13.1 Å². The van der Waals surface area contributed by atoms with Gasteiger partial charge in [-0.15, -0.1) is 0 Å². The van der Waals surface area contributed by atoms with E-state index >= 15 is 0 Å². The molecule has 0 saturated carbocycles. The zero-order chi connectivity index (χ0) is 18.9. The molecule has 0 fully saturated rings. The number of carbonyl (C=O) groups is 1. The fourth-order valence-electron chi connectivity index (χ4n) is 2.46. The van der Waals surface area contributed by atoms with Gasteiger partial charge in [0.1, 0.15) is 0 Å². The number of carbonyl (C=O) groups excluding carboxylic acids is 1. The predicted molar refractivity (Wildman–Crippen MR) is 109 cm³/mol. The van der Waals surface area contributed by atoms with Gasteiger partial charge in [0.25, 0.3) is 0 Å². The molecular formula is C20H25ClN4O. The molecule has 2 aromatic carbocycles. The number of guanidine groups is 1. The SMILES string of the molecule is CN=C(NCCC(=O)Nc1cccc(Cl)c1C)NCc1ccccc1C. The highest BCUT2D eigenvalue weighted by Gasteiger charge is 2.07. The Morgan fingerprint density at radius 2 is 1.85 bits per heavy atom. The van der Waals surface area contributed by atoms with Crippen molar-refractivity contribution in [2.24, 2.45) is 4.99 Å². The van der Waals surface area contributed by atoms with Crippen molar-refractivity contribution in [3.63, 3.8) is 0 Å². The van der Waals surface area contributed by atoms with E-state index in [-0.39, 0.29) is 5.91 Å². The van der Waals surface area contributed by atoms with Crippen molar-refractivity contribution in [3.05, 3.63) is 64.2 Å². The molecule has 0 atom stereocenters. The Balaban J connectivity index is 1.77. The molecule has 0 saturated heterocycles. The smallest absolute Gasteiger partial charge is 0.226 e. The summed E-state index contributed by atoms with van der Waals surface area (Å²) in [5.74, 6) is 0.595. The minimum atomic E-state index is -0.0720. The normalized spacial score (nSPS) is 11.2. The Hall–Kier alpha value is -2.53. The number of nitrogens with zero attached hydrogens (tertiary/aromatic N) is 1. The van der Waals surface area contributed by atoms with Crippen molar-refractivity contribution in [3.8, 4) is 0 Å². The summed E-state index contributed by atoms with van der Waals surface area (Å²) < 4.78 is 0. The third kappa shape index (κ3) is 5.77. The third-order valence-corrected chi connectivity index (χ3v) is 4.53. The van der Waals surface area contributed by atoms with Crippen LogP contribution < -0.4 is 16.0 Å². The molecule has 0 aliphatic rings. The van der Waals surface area contributed by atoms with Crippen LogP contribution in [0.25, 0.3) is 0 Å². The number of hydrogen-bond donors (Lipinski definition) is 3. The van der Waals surface area contributed by atoms with Gasteiger partial charge in [0.15, 0.2) is 5.96 Å². The first kappa shape index (κ1) is 19.8. The molecule has 0 bridgehead atoms. The summed E-state index contributed by atoms with van der Waals surface area (Å²) in [4.78, 5) is 16.3. The van der Waals surface area contributed by atoms with E-state index in [0.29, 0.717) is 30.5 Å². The average Bonchev–Trinajstić information content (AvgIpc) is 2.63. The van der Waals surface area contributed by atoms with Crippen LogP contribution in [0.2, 0.25) is 5.02 Å². The zero-order valence-corrected chi connectivity index (χ0v) is 16.2. The lowest BCUT2D eigenvalue weighted by Crippen LogP contribution is -2.38. The first-order valence-electron chi connectivity index (χ1n) is 8.55. The number of aliphatic imine (C=N–C) groups is 1. The average molecular weight is 373 g/mol. The Bertz CT molecular complexity index is 789. The number of hydrogen-bond acceptors (Lipinski definition) is 2. The molecule has 0 radical (unpaired) electrons. The first-order chi connectivity index (χ1) is 12.5. The molecule has 5 nitrogen and oxygen atoms in total. The maximum Gasteiger partial charge on any atom is 0.226 e. The van der Waals surface area contributed by atoms with E-state index in [2.05, 4.69) is 40.0 Å². The van der Waals surface area contributed by atoms with Crippen LogP contribution in [0.15, 0.2) is 47.5 Å². The molecule has 138 valence electrons. The van der Waals surface area contributed by atoms with E-state index in [0.717, 1.165) is 11.3 Å². The predicted octanol–water partition coefficient (Wildman–Crippen LogP) is 3.65. The molecule has 0 aliphatic heterocycles. The summed E-state index contributed by atoms with van der Waals surface area (Å²) in [7, 11) is 1.71. The van der Waals surface area contributed by atoms with Gasteiger partial charge in [-0.1, -0.05) is 41.9 Å². The van der Waals surface area contributed by atoms with Crippen LogP contribution in [0, 0.1) is 13.8 Å². The molecule has 26 heavy (non-hydrogen) atoms. The van der Waals surface area contributed by atoms with E-state index in [9.17, 15) is 4.79 Å². The lowest BCUT2D eigenvalue weighted by molar-refractivity contribution is -0.116. The van der Waals surface area contributed by atoms with E-state index in [4.69, 9.17) is 11.6 Å². The molecule has 0 unspecified atom stereocenters. The van der Waals surface area contributed by atoms with E-state index in [1.807, 2.05) is 31.2 Å². The van der Waals surface area contributed by atoms with Gasteiger partial charge in [-0.3, -0.25) is 9.79 Å². The number of nitrogens with one attached hydrogen (secondary N) is 3. The van der Waals surface area contributed by atoms with E-state index in [1.165, 1.54) is 11.1 Å². The van der Waals surface area contributed by atoms with Gasteiger partial charge in [-0.2, -0.15) is 0 Å². The Morgan fingerprint density at radius 1 is 1.08 bits per heavy atom. The molecule has 0 heterocycles. The molecule has 2 rings (SSSR count). The monoisotopic (exact) mass is 372 g/mol. The van der Waals surface area contributed by atoms with Crippen molar-refractivity contribution in [1.29, 1.82) is 0 Å². The standard InChI is InChI=1S/C20H25ClN4O/c1-14-7-4-5-8-16(14)13-24-20(22-3)23-12-11-19(26)25-18-10-6-9-17(21)15(18)2/h4-10H,11-13H2,1-3H3,(H,25,26)(H2,22,23,24). The molecule has 2 aromatic rings. The molecular weight excluding hydrogens is 348 g/mol. The van der Waals surface area contributed by atoms with Gasteiger partial charge >= 0.3 is 0 Å². The minimum absolute atomic E-state index is 0.0720. The number of rotatable bonds is 6. The number of halogens is 1. The quantitative estimate of drug-likeness (QED) is 0.535. The van der Waals surface area contributed by atoms with Crippen LogP contribution in [-0.2, 0) is 11.3 Å². The lowest BCUT2D eigenvalue weighted by Gasteiger charge is -2.13. The highest BCUT2D eigenvalue weighted by Crippen LogP contribution is 2.22. The molecule has 1 amide bonds. The second-order valence-corrected chi connectivity index (χ2v) is 6.40. The fourth-order valence-corrected chi connectivity index (χ4v) is 2.63. The summed E-state index contributed by atoms with van der Waals surface area (Å²) in [6, 6.07) is 13.7. The summed E-state index contributed by atoms with van der Waals surface area (Å²) >= 11 is 6.07. The number of benzene rings is 2. The van der Waals surface area contributed by atoms with E-state index < -0.39 is 0 Å². The van der Waals surface area contributed by atoms with Gasteiger partial charge in [0.2, 0.25) is 5.91 Å². The molecule has 6 heteroatoms. The number of aryl methyl sites for hydroxylation is 1. The molecule has 0 aliphatic carbocycles. The van der Waals surface area contributed by atoms with Crippen LogP contribution in [0.4, 0.5) is 5.69 Å². The maximum atomic E-state index is 12.1. The lowest BCUT2D eigenvalue weighted by atomic mass is 10.1. The van der Waals surface area contributed by atoms with Crippen molar-refractivity contribution in [2.45, 2.75) is 26.8 Å². The summed E-state index contributed by atoms with van der Waals surface area (Å²) in [6.45, 7) is 5.13. The second kappa shape index (κ2) is 9.82. The summed E-state index contributed by atoms with van der Waals surface area (Å²) in [6.07, 6.45) is 0.330. The van der Waals surface area contributed by atoms with Crippen molar-refractivity contribution in [2.75, 3.05) is 18.9 Å². The summed E-state index contributed by atoms with van der Waals surface area (Å²) in [5.41, 5.74) is 4.05. The maximum absolute atomic E-state index is 12.1. The first-order valence-corrected chi connectivity index (χ1v) is 8.93. The summed E-state index contributed by atoms with van der Waals surface area (Å²) in [5, 5.41) is 9.94. The number of amides is 1. The van der Waals surface area contributed by atoms with Crippen molar-refractivity contribution >= 4 is 29.2 Å². The van der Waals surface area contributed by atoms with Gasteiger partial charge in [0.05, 0.1) is 0 Å². The molecule has 0 aromatic heterocycles. The highest BCUT2D eigenvalue weighted by atomic mass is 35.5. The van der Waals surface area contributed by atoms with Gasteiger partial charge in [-0.05, 0) is 42.7 Å². The zero-order valence-electron chi connectivity index (χ0n) is 15.4. The van der Waals surface area contributed by atoms with Gasteiger partial charge < -0.3 is 16.0 Å². The second-order valence-electron chi connectivity index (χ2n) is 5.99. The van der Waals surface area contributed by atoms with Crippen LogP contribution in [0.3, 0.4) is 0 Å². The Kier molecular flexibility index (Phi) is 7.48. The molecule has 0 spiro atoms. The topological polar surface area (TPSA) is 65.5 Å². The highest BCUT2D eigenvalue weighted by molar-refractivity contribution is 6.31. The largest absolute Gasteiger partial charge is 0.356 e. The van der Waals surface area contributed by atoms with Crippen LogP contribution in [0.1, 0.15) is 23.1 Å². The third-order valence-electron chi connectivity index (χ3n) is 4.12. The fraction of sp³-hybridized carbons (Fsp3) is 0.300. The van der Waals surface area contributed by atoms with Crippen molar-refractivity contribution < 1.29 is 4.79 Å². The number of anilines is 1.